The fourth-order valence-electron chi connectivity index (χ4n) is 3.12. The fraction of sp³-hybridized carbons (Fsp3) is 0.316. The molecule has 2 aromatic rings. The van der Waals surface area contributed by atoms with Gasteiger partial charge >= 0.3 is 6.18 Å². The highest BCUT2D eigenvalue weighted by molar-refractivity contribution is 7.90. The van der Waals surface area contributed by atoms with Gasteiger partial charge in [-0.05, 0) is 36.4 Å². The summed E-state index contributed by atoms with van der Waals surface area (Å²) in [6, 6.07) is 9.00. The molecule has 156 valence electrons. The van der Waals surface area contributed by atoms with Crippen LogP contribution in [0.2, 0.25) is 5.02 Å². The average molecular weight is 447 g/mol. The number of nitrogens with zero attached hydrogens (tertiary/aromatic N) is 2. The van der Waals surface area contributed by atoms with Gasteiger partial charge in [-0.25, -0.2) is 8.42 Å². The molecule has 1 fully saturated rings. The van der Waals surface area contributed by atoms with Gasteiger partial charge in [0.15, 0.2) is 9.84 Å². The van der Waals surface area contributed by atoms with E-state index < -0.39 is 27.5 Å². The standard InChI is InChI=1S/C19H18ClF3N2O3S/c1-29(27,28)15-5-6-17(20)16(12-15)18(26)25-9-7-24(8-10-25)14-4-2-3-13(11-14)19(21,22)23/h2-6,11-12H,7-10H2,1H3. The molecule has 0 aromatic heterocycles. The molecular weight excluding hydrogens is 429 g/mol. The number of carbonyl (C=O) groups excluding carboxylic acids is 1. The molecule has 3 rings (SSSR count). The molecule has 1 aliphatic heterocycles. The third-order valence-electron chi connectivity index (χ3n) is 4.70. The first-order valence-corrected chi connectivity index (χ1v) is 10.9. The Morgan fingerprint density at radius 1 is 1.03 bits per heavy atom. The van der Waals surface area contributed by atoms with E-state index in [0.29, 0.717) is 18.8 Å². The van der Waals surface area contributed by atoms with E-state index in [-0.39, 0.29) is 28.6 Å². The molecular formula is C19H18ClF3N2O3S. The van der Waals surface area contributed by atoms with Crippen LogP contribution in [0.3, 0.4) is 0 Å². The molecule has 1 heterocycles. The number of hydrogen-bond acceptors (Lipinski definition) is 4. The van der Waals surface area contributed by atoms with E-state index in [1.54, 1.807) is 11.0 Å². The van der Waals surface area contributed by atoms with Gasteiger partial charge in [-0.3, -0.25) is 4.79 Å². The van der Waals surface area contributed by atoms with E-state index in [4.69, 9.17) is 11.6 Å². The van der Waals surface area contributed by atoms with Crippen molar-refractivity contribution in [1.29, 1.82) is 0 Å². The second kappa shape index (κ2) is 7.87. The maximum Gasteiger partial charge on any atom is 0.416 e. The van der Waals surface area contributed by atoms with Crippen LogP contribution >= 0.6 is 11.6 Å². The third-order valence-corrected chi connectivity index (χ3v) is 6.14. The summed E-state index contributed by atoms with van der Waals surface area (Å²) in [4.78, 5) is 16.1. The molecule has 29 heavy (non-hydrogen) atoms. The number of halogens is 4. The lowest BCUT2D eigenvalue weighted by atomic mass is 10.1. The van der Waals surface area contributed by atoms with Crippen molar-refractivity contribution in [3.8, 4) is 0 Å². The van der Waals surface area contributed by atoms with Crippen molar-refractivity contribution < 1.29 is 26.4 Å². The van der Waals surface area contributed by atoms with Gasteiger partial charge < -0.3 is 9.80 Å². The van der Waals surface area contributed by atoms with Crippen molar-refractivity contribution in [2.24, 2.45) is 0 Å². The first-order chi connectivity index (χ1) is 13.5. The number of rotatable bonds is 3. The Kier molecular flexibility index (Phi) is 5.82. The van der Waals surface area contributed by atoms with Gasteiger partial charge in [-0.15, -0.1) is 0 Å². The molecule has 2 aromatic carbocycles. The van der Waals surface area contributed by atoms with Crippen LogP contribution in [-0.4, -0.2) is 51.7 Å². The summed E-state index contributed by atoms with van der Waals surface area (Å²) in [5, 5.41) is 0.141. The summed E-state index contributed by atoms with van der Waals surface area (Å²) < 4.78 is 62.2. The zero-order valence-electron chi connectivity index (χ0n) is 15.4. The molecule has 0 bridgehead atoms. The normalized spacial score (nSPS) is 15.5. The summed E-state index contributed by atoms with van der Waals surface area (Å²) in [7, 11) is -3.50. The van der Waals surface area contributed by atoms with Gasteiger partial charge in [0.25, 0.3) is 5.91 Å². The predicted molar refractivity (Wildman–Crippen MR) is 104 cm³/mol. The first-order valence-electron chi connectivity index (χ1n) is 8.68. The van der Waals surface area contributed by atoms with Crippen LogP contribution in [0.1, 0.15) is 15.9 Å². The van der Waals surface area contributed by atoms with E-state index in [1.807, 2.05) is 0 Å². The average Bonchev–Trinajstić information content (AvgIpc) is 2.66. The number of hydrogen-bond donors (Lipinski definition) is 0. The Bertz CT molecular complexity index is 1030. The number of amides is 1. The molecule has 10 heteroatoms. The Labute approximate surface area is 171 Å². The van der Waals surface area contributed by atoms with E-state index in [0.717, 1.165) is 18.4 Å². The Balaban J connectivity index is 1.74. The van der Waals surface area contributed by atoms with Crippen LogP contribution in [-0.2, 0) is 16.0 Å². The molecule has 0 N–H and O–H groups in total. The monoisotopic (exact) mass is 446 g/mol. The predicted octanol–water partition coefficient (Wildman–Crippen LogP) is 3.72. The topological polar surface area (TPSA) is 57.7 Å². The van der Waals surface area contributed by atoms with Gasteiger partial charge in [0.05, 0.1) is 21.0 Å². The highest BCUT2D eigenvalue weighted by Crippen LogP contribution is 2.32. The van der Waals surface area contributed by atoms with Gasteiger partial charge in [-0.1, -0.05) is 17.7 Å². The van der Waals surface area contributed by atoms with Crippen LogP contribution in [0.5, 0.6) is 0 Å². The minimum absolute atomic E-state index is 0.00662. The second-order valence-electron chi connectivity index (χ2n) is 6.74. The smallest absolute Gasteiger partial charge is 0.368 e. The van der Waals surface area contributed by atoms with E-state index in [1.165, 1.54) is 29.2 Å². The number of sulfone groups is 1. The number of carbonyl (C=O) groups is 1. The summed E-state index contributed by atoms with van der Waals surface area (Å²) in [5.41, 5.74) is -0.205. The molecule has 0 radical (unpaired) electrons. The van der Waals surface area contributed by atoms with Crippen LogP contribution in [0, 0.1) is 0 Å². The summed E-state index contributed by atoms with van der Waals surface area (Å²) >= 11 is 6.09. The lowest BCUT2D eigenvalue weighted by Crippen LogP contribution is -2.49. The van der Waals surface area contributed by atoms with Crippen molar-refractivity contribution in [2.45, 2.75) is 11.1 Å². The van der Waals surface area contributed by atoms with E-state index in [9.17, 15) is 26.4 Å². The molecule has 5 nitrogen and oxygen atoms in total. The van der Waals surface area contributed by atoms with E-state index >= 15 is 0 Å². The molecule has 0 atom stereocenters. The molecule has 0 unspecified atom stereocenters. The quantitative estimate of drug-likeness (QED) is 0.721. The first kappa shape index (κ1) is 21.4. The summed E-state index contributed by atoms with van der Waals surface area (Å²) in [6.07, 6.45) is -3.38. The Morgan fingerprint density at radius 3 is 2.28 bits per heavy atom. The van der Waals surface area contributed by atoms with Crippen molar-refractivity contribution in [3.63, 3.8) is 0 Å². The molecule has 1 aliphatic rings. The molecule has 0 spiro atoms. The van der Waals surface area contributed by atoms with Crippen LogP contribution < -0.4 is 4.90 Å². The van der Waals surface area contributed by atoms with Crippen LogP contribution in [0.4, 0.5) is 18.9 Å². The second-order valence-corrected chi connectivity index (χ2v) is 9.16. The summed E-state index contributed by atoms with van der Waals surface area (Å²) in [5.74, 6) is -0.413. The zero-order valence-corrected chi connectivity index (χ0v) is 17.0. The van der Waals surface area contributed by atoms with Gasteiger partial charge in [-0.2, -0.15) is 13.2 Å². The molecule has 0 aliphatic carbocycles. The van der Waals surface area contributed by atoms with Crippen LogP contribution in [0.25, 0.3) is 0 Å². The van der Waals surface area contributed by atoms with Crippen molar-refractivity contribution in [2.75, 3.05) is 37.3 Å². The lowest BCUT2D eigenvalue weighted by molar-refractivity contribution is -0.137. The minimum atomic E-state index is -4.42. The Morgan fingerprint density at radius 2 is 1.69 bits per heavy atom. The maximum absolute atomic E-state index is 12.9. The van der Waals surface area contributed by atoms with Crippen LogP contribution in [0.15, 0.2) is 47.4 Å². The summed E-state index contributed by atoms with van der Waals surface area (Å²) in [6.45, 7) is 1.23. The number of anilines is 1. The molecule has 1 amide bonds. The highest BCUT2D eigenvalue weighted by atomic mass is 35.5. The lowest BCUT2D eigenvalue weighted by Gasteiger charge is -2.36. The molecule has 0 saturated carbocycles. The van der Waals surface area contributed by atoms with Gasteiger partial charge in [0.2, 0.25) is 0 Å². The van der Waals surface area contributed by atoms with Gasteiger partial charge in [0, 0.05) is 38.1 Å². The fourth-order valence-corrected chi connectivity index (χ4v) is 3.96. The minimum Gasteiger partial charge on any atom is -0.368 e. The van der Waals surface area contributed by atoms with Crippen molar-refractivity contribution in [1.82, 2.24) is 4.90 Å². The van der Waals surface area contributed by atoms with E-state index in [2.05, 4.69) is 0 Å². The number of piperazine rings is 1. The van der Waals surface area contributed by atoms with Gasteiger partial charge in [0.1, 0.15) is 0 Å². The SMILES string of the molecule is CS(=O)(=O)c1ccc(Cl)c(C(=O)N2CCN(c3cccc(C(F)(F)F)c3)CC2)c1. The third kappa shape index (κ3) is 4.84. The Hall–Kier alpha value is -2.26. The number of benzene rings is 2. The zero-order chi connectivity index (χ0) is 21.4. The van der Waals surface area contributed by atoms with Crippen molar-refractivity contribution in [3.05, 3.63) is 58.6 Å². The maximum atomic E-state index is 12.9. The highest BCUT2D eigenvalue weighted by Gasteiger charge is 2.31. The largest absolute Gasteiger partial charge is 0.416 e. The molecule has 1 saturated heterocycles. The number of alkyl halides is 3. The van der Waals surface area contributed by atoms with Crippen molar-refractivity contribution >= 4 is 33.0 Å².